The van der Waals surface area contributed by atoms with E-state index in [1.165, 1.54) is 0 Å². The summed E-state index contributed by atoms with van der Waals surface area (Å²) in [6.07, 6.45) is 5.54. The maximum absolute atomic E-state index is 6.04. The van der Waals surface area contributed by atoms with Crippen LogP contribution in [0.1, 0.15) is 5.56 Å². The Kier molecular flexibility index (Phi) is 3.02. The predicted octanol–water partition coefficient (Wildman–Crippen LogP) is 4.37. The second-order valence-electron chi connectivity index (χ2n) is 4.02. The van der Waals surface area contributed by atoms with Gasteiger partial charge in [-0.25, -0.2) is 0 Å². The van der Waals surface area contributed by atoms with Crippen LogP contribution in [0.15, 0.2) is 30.3 Å². The average Bonchev–Trinajstić information content (AvgIpc) is 2.87. The zero-order valence-corrected chi connectivity index (χ0v) is 11.3. The third kappa shape index (κ3) is 2.12. The number of hydrogen-bond donors (Lipinski definition) is 0. The molecule has 0 saturated carbocycles. The van der Waals surface area contributed by atoms with Crippen LogP contribution in [0.3, 0.4) is 0 Å². The van der Waals surface area contributed by atoms with Gasteiger partial charge in [0, 0.05) is 17.2 Å². The summed E-state index contributed by atoms with van der Waals surface area (Å²) in [6.45, 7) is 0.212. The molecule has 0 bridgehead atoms. The van der Waals surface area contributed by atoms with Crippen LogP contribution in [-0.2, 0) is 0 Å². The van der Waals surface area contributed by atoms with E-state index in [1.807, 2.05) is 12.1 Å². The highest BCUT2D eigenvalue weighted by molar-refractivity contribution is 6.42. The molecule has 0 amide bonds. The third-order valence-corrected chi connectivity index (χ3v) is 3.64. The van der Waals surface area contributed by atoms with Crippen molar-refractivity contribution in [3.05, 3.63) is 45.9 Å². The van der Waals surface area contributed by atoms with Gasteiger partial charge in [-0.05, 0) is 23.8 Å². The Morgan fingerprint density at radius 1 is 1.00 bits per heavy atom. The lowest BCUT2D eigenvalue weighted by atomic mass is 9.99. The highest BCUT2D eigenvalue weighted by Crippen LogP contribution is 2.39. The Balaban J connectivity index is 2.19. The van der Waals surface area contributed by atoms with Crippen LogP contribution in [-0.4, -0.2) is 6.79 Å². The standard InChI is InChI=1S/C15H8Cl2O2/c1-2-9-6-14-15(19-8-18-14)7-11(9)10-3-4-12(16)13(17)5-10/h1,3-7H,8H2. The highest BCUT2D eigenvalue weighted by atomic mass is 35.5. The number of hydrogen-bond acceptors (Lipinski definition) is 2. The topological polar surface area (TPSA) is 18.5 Å². The summed E-state index contributed by atoms with van der Waals surface area (Å²) in [4.78, 5) is 0. The number of halogens is 2. The first-order valence-corrected chi connectivity index (χ1v) is 6.30. The molecule has 1 heterocycles. The molecule has 0 atom stereocenters. The van der Waals surface area contributed by atoms with E-state index in [-0.39, 0.29) is 6.79 Å². The fourth-order valence-electron chi connectivity index (χ4n) is 1.96. The summed E-state index contributed by atoms with van der Waals surface area (Å²) >= 11 is 12.0. The number of fused-ring (bicyclic) bond motifs is 1. The molecule has 19 heavy (non-hydrogen) atoms. The summed E-state index contributed by atoms with van der Waals surface area (Å²) in [5.41, 5.74) is 2.48. The zero-order valence-electron chi connectivity index (χ0n) is 9.74. The monoisotopic (exact) mass is 290 g/mol. The minimum absolute atomic E-state index is 0.212. The molecule has 1 aliphatic rings. The van der Waals surface area contributed by atoms with Crippen molar-refractivity contribution in [2.45, 2.75) is 0 Å². The van der Waals surface area contributed by atoms with Gasteiger partial charge in [0.15, 0.2) is 11.5 Å². The van der Waals surface area contributed by atoms with Crippen molar-refractivity contribution in [3.8, 4) is 35.0 Å². The molecular weight excluding hydrogens is 283 g/mol. The first-order chi connectivity index (χ1) is 9.19. The molecule has 2 aromatic rings. The quantitative estimate of drug-likeness (QED) is 0.726. The maximum atomic E-state index is 6.04. The molecule has 0 unspecified atom stereocenters. The first kappa shape index (κ1) is 12.2. The van der Waals surface area contributed by atoms with Crippen LogP contribution < -0.4 is 9.47 Å². The van der Waals surface area contributed by atoms with Crippen molar-refractivity contribution in [3.63, 3.8) is 0 Å². The van der Waals surface area contributed by atoms with E-state index in [0.717, 1.165) is 16.7 Å². The van der Waals surface area contributed by atoms with Gasteiger partial charge in [-0.1, -0.05) is 35.2 Å². The van der Waals surface area contributed by atoms with Crippen LogP contribution in [0, 0.1) is 12.3 Å². The second-order valence-corrected chi connectivity index (χ2v) is 4.84. The van der Waals surface area contributed by atoms with Gasteiger partial charge in [-0.3, -0.25) is 0 Å². The van der Waals surface area contributed by atoms with E-state index in [1.54, 1.807) is 18.2 Å². The molecular formula is C15H8Cl2O2. The molecule has 1 aliphatic heterocycles. The van der Waals surface area contributed by atoms with E-state index < -0.39 is 0 Å². The maximum Gasteiger partial charge on any atom is 0.231 e. The van der Waals surface area contributed by atoms with Gasteiger partial charge < -0.3 is 9.47 Å². The van der Waals surface area contributed by atoms with Crippen LogP contribution >= 0.6 is 23.2 Å². The van der Waals surface area contributed by atoms with Gasteiger partial charge in [0.1, 0.15) is 0 Å². The molecule has 3 rings (SSSR count). The zero-order chi connectivity index (χ0) is 13.4. The molecule has 0 fully saturated rings. The van der Waals surface area contributed by atoms with Crippen molar-refractivity contribution in [1.29, 1.82) is 0 Å². The smallest absolute Gasteiger partial charge is 0.231 e. The first-order valence-electron chi connectivity index (χ1n) is 5.54. The van der Waals surface area contributed by atoms with Crippen LogP contribution in [0.4, 0.5) is 0 Å². The van der Waals surface area contributed by atoms with E-state index in [2.05, 4.69) is 5.92 Å². The Hall–Kier alpha value is -1.82. The molecule has 0 radical (unpaired) electrons. The molecule has 0 aliphatic carbocycles. The normalized spacial score (nSPS) is 12.3. The minimum atomic E-state index is 0.212. The van der Waals surface area contributed by atoms with Crippen LogP contribution in [0.2, 0.25) is 10.0 Å². The van der Waals surface area contributed by atoms with E-state index in [9.17, 15) is 0 Å². The number of ether oxygens (including phenoxy) is 2. The lowest BCUT2D eigenvalue weighted by Gasteiger charge is -2.08. The summed E-state index contributed by atoms with van der Waals surface area (Å²) in [5, 5.41) is 0.994. The summed E-state index contributed by atoms with van der Waals surface area (Å²) in [5.74, 6) is 3.99. The summed E-state index contributed by atoms with van der Waals surface area (Å²) < 4.78 is 10.7. The molecule has 2 aromatic carbocycles. The van der Waals surface area contributed by atoms with Gasteiger partial charge in [-0.2, -0.15) is 0 Å². The lowest BCUT2D eigenvalue weighted by molar-refractivity contribution is 0.174. The fourth-order valence-corrected chi connectivity index (χ4v) is 2.26. The fraction of sp³-hybridized carbons (Fsp3) is 0.0667. The van der Waals surface area contributed by atoms with Gasteiger partial charge >= 0.3 is 0 Å². The Morgan fingerprint density at radius 3 is 2.42 bits per heavy atom. The SMILES string of the molecule is C#Cc1cc2c(cc1-c1ccc(Cl)c(Cl)c1)OCO2. The van der Waals surface area contributed by atoms with Crippen molar-refractivity contribution in [2.75, 3.05) is 6.79 Å². The van der Waals surface area contributed by atoms with Gasteiger partial charge in [-0.15, -0.1) is 6.42 Å². The van der Waals surface area contributed by atoms with Crippen LogP contribution in [0.25, 0.3) is 11.1 Å². The van der Waals surface area contributed by atoms with Gasteiger partial charge in [0.25, 0.3) is 0 Å². The average molecular weight is 291 g/mol. The van der Waals surface area contributed by atoms with Gasteiger partial charge in [0.05, 0.1) is 10.0 Å². The summed E-state index contributed by atoms with van der Waals surface area (Å²) in [7, 11) is 0. The van der Waals surface area contributed by atoms with Crippen molar-refractivity contribution >= 4 is 23.2 Å². The summed E-state index contributed by atoms with van der Waals surface area (Å²) in [6, 6.07) is 9.04. The number of rotatable bonds is 1. The predicted molar refractivity (Wildman–Crippen MR) is 76.0 cm³/mol. The van der Waals surface area contributed by atoms with Gasteiger partial charge in [0.2, 0.25) is 6.79 Å². The molecule has 2 nitrogen and oxygen atoms in total. The number of terminal acetylenes is 1. The van der Waals surface area contributed by atoms with Crippen molar-refractivity contribution in [1.82, 2.24) is 0 Å². The van der Waals surface area contributed by atoms with Crippen molar-refractivity contribution < 1.29 is 9.47 Å². The molecule has 0 saturated heterocycles. The molecule has 0 aromatic heterocycles. The van der Waals surface area contributed by atoms with E-state index in [0.29, 0.717) is 21.5 Å². The van der Waals surface area contributed by atoms with E-state index >= 15 is 0 Å². The van der Waals surface area contributed by atoms with Crippen LogP contribution in [0.5, 0.6) is 11.5 Å². The highest BCUT2D eigenvalue weighted by Gasteiger charge is 2.17. The molecule has 0 N–H and O–H groups in total. The largest absolute Gasteiger partial charge is 0.454 e. The Morgan fingerprint density at radius 2 is 1.74 bits per heavy atom. The minimum Gasteiger partial charge on any atom is -0.454 e. The Bertz CT molecular complexity index is 702. The third-order valence-electron chi connectivity index (χ3n) is 2.90. The lowest BCUT2D eigenvalue weighted by Crippen LogP contribution is -1.92. The van der Waals surface area contributed by atoms with E-state index in [4.69, 9.17) is 39.1 Å². The molecule has 0 spiro atoms. The second kappa shape index (κ2) is 4.70. The molecule has 4 heteroatoms. The Labute approximate surface area is 120 Å². The van der Waals surface area contributed by atoms with Crippen molar-refractivity contribution in [2.24, 2.45) is 0 Å². The number of benzene rings is 2. The molecule has 94 valence electrons.